The van der Waals surface area contributed by atoms with Gasteiger partial charge in [0.15, 0.2) is 0 Å². The topological polar surface area (TPSA) is 38.2 Å². The number of anilines is 1. The average molecular weight is 221 g/mol. The Bertz CT molecular complexity index is 365. The van der Waals surface area contributed by atoms with Gasteiger partial charge in [-0.25, -0.2) is 9.97 Å². The van der Waals surface area contributed by atoms with Gasteiger partial charge < -0.3 is 9.64 Å². The molecule has 1 aliphatic rings. The molecular weight excluding hydrogens is 202 g/mol. The van der Waals surface area contributed by atoms with Crippen LogP contribution >= 0.6 is 0 Å². The second-order valence-corrected chi connectivity index (χ2v) is 5.14. The number of nitrogens with zero attached hydrogens (tertiary/aromatic N) is 3. The minimum absolute atomic E-state index is 0.156. The summed E-state index contributed by atoms with van der Waals surface area (Å²) in [5.41, 5.74) is 1.16. The van der Waals surface area contributed by atoms with Gasteiger partial charge in [0.2, 0.25) is 5.95 Å². The van der Waals surface area contributed by atoms with Gasteiger partial charge in [-0.15, -0.1) is 0 Å². The van der Waals surface area contributed by atoms with Crippen molar-refractivity contribution in [1.82, 2.24) is 9.97 Å². The molecule has 0 atom stereocenters. The molecule has 16 heavy (non-hydrogen) atoms. The van der Waals surface area contributed by atoms with Crippen LogP contribution in [0.5, 0.6) is 0 Å². The highest BCUT2D eigenvalue weighted by molar-refractivity contribution is 5.30. The summed E-state index contributed by atoms with van der Waals surface area (Å²) in [6, 6.07) is 1.92. The van der Waals surface area contributed by atoms with Crippen LogP contribution in [0.4, 0.5) is 5.95 Å². The third kappa shape index (κ3) is 2.70. The van der Waals surface area contributed by atoms with E-state index in [0.29, 0.717) is 0 Å². The van der Waals surface area contributed by atoms with Crippen molar-refractivity contribution in [2.45, 2.75) is 20.8 Å². The normalized spacial score (nSPS) is 20.6. The third-order valence-electron chi connectivity index (χ3n) is 2.68. The Labute approximate surface area is 96.7 Å². The van der Waals surface area contributed by atoms with Crippen molar-refractivity contribution in [1.29, 1.82) is 0 Å². The van der Waals surface area contributed by atoms with Crippen LogP contribution in [0.2, 0.25) is 0 Å². The molecule has 0 N–H and O–H groups in total. The molecule has 1 aromatic rings. The van der Waals surface area contributed by atoms with Crippen LogP contribution in [0.3, 0.4) is 0 Å². The van der Waals surface area contributed by atoms with Gasteiger partial charge in [-0.2, -0.15) is 0 Å². The van der Waals surface area contributed by atoms with Gasteiger partial charge in [0.05, 0.1) is 13.2 Å². The van der Waals surface area contributed by atoms with E-state index in [1.165, 1.54) is 0 Å². The number of rotatable bonds is 1. The second-order valence-electron chi connectivity index (χ2n) is 5.14. The lowest BCUT2D eigenvalue weighted by molar-refractivity contribution is 0.0893. The lowest BCUT2D eigenvalue weighted by Crippen LogP contribution is -2.35. The molecule has 88 valence electrons. The Balaban J connectivity index is 2.19. The van der Waals surface area contributed by atoms with Gasteiger partial charge in [0.25, 0.3) is 0 Å². The minimum atomic E-state index is 0.156. The molecule has 1 saturated heterocycles. The van der Waals surface area contributed by atoms with Gasteiger partial charge in [-0.1, -0.05) is 13.8 Å². The fraction of sp³-hybridized carbons (Fsp3) is 0.667. The lowest BCUT2D eigenvalue weighted by Gasteiger charge is -2.28. The molecule has 0 aliphatic carbocycles. The number of ether oxygens (including phenoxy) is 1. The van der Waals surface area contributed by atoms with Crippen LogP contribution < -0.4 is 4.90 Å². The van der Waals surface area contributed by atoms with E-state index in [0.717, 1.165) is 37.9 Å². The molecule has 2 heterocycles. The predicted octanol–water partition coefficient (Wildman–Crippen LogP) is 1.65. The molecule has 0 spiro atoms. The van der Waals surface area contributed by atoms with Crippen molar-refractivity contribution in [3.8, 4) is 0 Å². The van der Waals surface area contributed by atoms with E-state index >= 15 is 0 Å². The Morgan fingerprint density at radius 2 is 2.25 bits per heavy atom. The van der Waals surface area contributed by atoms with Crippen molar-refractivity contribution in [2.24, 2.45) is 5.41 Å². The van der Waals surface area contributed by atoms with Crippen molar-refractivity contribution in [3.63, 3.8) is 0 Å². The van der Waals surface area contributed by atoms with Crippen molar-refractivity contribution in [2.75, 3.05) is 31.2 Å². The summed E-state index contributed by atoms with van der Waals surface area (Å²) in [6.07, 6.45) is 1.82. The highest BCUT2D eigenvalue weighted by Crippen LogP contribution is 2.22. The average Bonchev–Trinajstić information content (AvgIpc) is 2.39. The Morgan fingerprint density at radius 1 is 1.44 bits per heavy atom. The van der Waals surface area contributed by atoms with Crippen LogP contribution in [-0.2, 0) is 4.74 Å². The predicted molar refractivity (Wildman–Crippen MR) is 63.6 cm³/mol. The second kappa shape index (κ2) is 4.37. The van der Waals surface area contributed by atoms with Crippen molar-refractivity contribution in [3.05, 3.63) is 18.0 Å². The number of aromatic nitrogens is 2. The maximum Gasteiger partial charge on any atom is 0.225 e. The number of hydrogen-bond acceptors (Lipinski definition) is 4. The van der Waals surface area contributed by atoms with Crippen molar-refractivity contribution >= 4 is 5.95 Å². The molecule has 1 fully saturated rings. The van der Waals surface area contributed by atoms with E-state index in [1.807, 2.05) is 19.2 Å². The minimum Gasteiger partial charge on any atom is -0.379 e. The third-order valence-corrected chi connectivity index (χ3v) is 2.68. The Kier molecular flexibility index (Phi) is 3.10. The lowest BCUT2D eigenvalue weighted by atomic mass is 9.94. The highest BCUT2D eigenvalue weighted by Gasteiger charge is 2.26. The zero-order valence-corrected chi connectivity index (χ0v) is 10.2. The first kappa shape index (κ1) is 11.3. The maximum absolute atomic E-state index is 5.59. The van der Waals surface area contributed by atoms with Crippen LogP contribution in [0, 0.1) is 12.3 Å². The molecule has 2 rings (SSSR count). The van der Waals surface area contributed by atoms with Gasteiger partial charge in [0, 0.05) is 30.4 Å². The largest absolute Gasteiger partial charge is 0.379 e. The molecule has 0 aromatic carbocycles. The fourth-order valence-corrected chi connectivity index (χ4v) is 1.92. The van der Waals surface area contributed by atoms with Crippen LogP contribution in [-0.4, -0.2) is 36.3 Å². The van der Waals surface area contributed by atoms with Gasteiger partial charge in [-0.3, -0.25) is 0 Å². The zero-order valence-electron chi connectivity index (χ0n) is 10.2. The fourth-order valence-electron chi connectivity index (χ4n) is 1.92. The Morgan fingerprint density at radius 3 is 3.00 bits per heavy atom. The number of aryl methyl sites for hydroxylation is 1. The molecule has 4 nitrogen and oxygen atoms in total. The molecule has 0 bridgehead atoms. The van der Waals surface area contributed by atoms with E-state index in [-0.39, 0.29) is 5.41 Å². The summed E-state index contributed by atoms with van der Waals surface area (Å²) in [6.45, 7) is 9.77. The summed E-state index contributed by atoms with van der Waals surface area (Å²) in [5.74, 6) is 0.818. The van der Waals surface area contributed by atoms with E-state index in [4.69, 9.17) is 4.74 Å². The zero-order chi connectivity index (χ0) is 11.6. The maximum atomic E-state index is 5.59. The monoisotopic (exact) mass is 221 g/mol. The van der Waals surface area contributed by atoms with E-state index in [2.05, 4.69) is 28.7 Å². The SMILES string of the molecule is Cc1ccnc(N2CCOCC(C)(C)C2)n1. The summed E-state index contributed by atoms with van der Waals surface area (Å²) in [5, 5.41) is 0. The molecule has 1 aromatic heterocycles. The number of hydrogen-bond donors (Lipinski definition) is 0. The van der Waals surface area contributed by atoms with E-state index < -0.39 is 0 Å². The summed E-state index contributed by atoms with van der Waals surface area (Å²) >= 11 is 0. The van der Waals surface area contributed by atoms with Gasteiger partial charge in [0.1, 0.15) is 0 Å². The molecule has 0 saturated carbocycles. The molecule has 1 aliphatic heterocycles. The van der Waals surface area contributed by atoms with Gasteiger partial charge in [-0.05, 0) is 13.0 Å². The van der Waals surface area contributed by atoms with E-state index in [9.17, 15) is 0 Å². The smallest absolute Gasteiger partial charge is 0.225 e. The van der Waals surface area contributed by atoms with Crippen LogP contribution in [0.1, 0.15) is 19.5 Å². The molecule has 0 radical (unpaired) electrons. The first-order valence-electron chi connectivity index (χ1n) is 5.69. The first-order chi connectivity index (χ1) is 7.57. The quantitative estimate of drug-likeness (QED) is 0.722. The summed E-state index contributed by atoms with van der Waals surface area (Å²) in [7, 11) is 0. The standard InChI is InChI=1S/C12H19N3O/c1-10-4-5-13-11(14-10)15-6-7-16-9-12(2,3)8-15/h4-5H,6-9H2,1-3H3. The van der Waals surface area contributed by atoms with Crippen molar-refractivity contribution < 1.29 is 4.74 Å². The van der Waals surface area contributed by atoms with Crippen LogP contribution in [0.25, 0.3) is 0 Å². The molecule has 0 amide bonds. The summed E-state index contributed by atoms with van der Waals surface area (Å²) in [4.78, 5) is 11.0. The first-order valence-corrected chi connectivity index (χ1v) is 5.69. The van der Waals surface area contributed by atoms with Crippen LogP contribution in [0.15, 0.2) is 12.3 Å². The Hall–Kier alpha value is -1.16. The van der Waals surface area contributed by atoms with E-state index in [1.54, 1.807) is 0 Å². The highest BCUT2D eigenvalue weighted by atomic mass is 16.5. The molecule has 4 heteroatoms. The molecule has 0 unspecified atom stereocenters. The molecular formula is C12H19N3O. The van der Waals surface area contributed by atoms with Gasteiger partial charge >= 0.3 is 0 Å². The summed E-state index contributed by atoms with van der Waals surface area (Å²) < 4.78 is 5.59.